The van der Waals surface area contributed by atoms with Crippen molar-refractivity contribution in [2.45, 2.75) is 116 Å². The van der Waals surface area contributed by atoms with Gasteiger partial charge in [-0.1, -0.05) is 25.7 Å². The summed E-state index contributed by atoms with van der Waals surface area (Å²) in [5, 5.41) is 0. The zero-order chi connectivity index (χ0) is 18.3. The molecule has 0 aliphatic heterocycles. The van der Waals surface area contributed by atoms with E-state index in [4.69, 9.17) is 0 Å². The van der Waals surface area contributed by atoms with Crippen LogP contribution in [0.2, 0.25) is 0 Å². The second-order valence-corrected chi connectivity index (χ2v) is 14.1. The standard InChI is InChI=1S/C28H44/c1-2-20(12-28-16-24-8-25(17-28)10-26(9-24)18-28)4-3-19(1)11-27-13-21-5-22(14-27)7-23(6-21)15-27/h19-26H,1-18H2. The highest BCUT2D eigenvalue weighted by molar-refractivity contribution is 5.04. The molecule has 0 aromatic rings. The summed E-state index contributed by atoms with van der Waals surface area (Å²) in [5.74, 6) is 9.14. The van der Waals surface area contributed by atoms with Gasteiger partial charge in [0.1, 0.15) is 0 Å². The van der Waals surface area contributed by atoms with Crippen LogP contribution >= 0.6 is 0 Å². The first-order valence-electron chi connectivity index (χ1n) is 13.6. The third kappa shape index (κ3) is 2.97. The van der Waals surface area contributed by atoms with Crippen LogP contribution in [0.5, 0.6) is 0 Å². The first kappa shape index (κ1) is 17.7. The maximum absolute atomic E-state index is 1.65. The van der Waals surface area contributed by atoms with Crippen molar-refractivity contribution < 1.29 is 0 Å². The molecule has 0 aromatic heterocycles. The van der Waals surface area contributed by atoms with Crippen LogP contribution in [0, 0.1) is 58.2 Å². The van der Waals surface area contributed by atoms with Gasteiger partial charge in [0.2, 0.25) is 0 Å². The highest BCUT2D eigenvalue weighted by Crippen LogP contribution is 2.64. The molecule has 9 saturated carbocycles. The molecule has 0 nitrogen and oxygen atoms in total. The van der Waals surface area contributed by atoms with E-state index < -0.39 is 0 Å². The van der Waals surface area contributed by atoms with Gasteiger partial charge in [0, 0.05) is 0 Å². The first-order chi connectivity index (χ1) is 13.6. The van der Waals surface area contributed by atoms with Gasteiger partial charge in [-0.2, -0.15) is 0 Å². The molecule has 9 rings (SSSR count). The fraction of sp³-hybridized carbons (Fsp3) is 1.00. The van der Waals surface area contributed by atoms with Crippen molar-refractivity contribution in [3.8, 4) is 0 Å². The van der Waals surface area contributed by atoms with Gasteiger partial charge in [-0.3, -0.25) is 0 Å². The van der Waals surface area contributed by atoms with E-state index in [0.29, 0.717) is 0 Å². The topological polar surface area (TPSA) is 0 Å². The van der Waals surface area contributed by atoms with Crippen molar-refractivity contribution in [3.63, 3.8) is 0 Å². The lowest BCUT2D eigenvalue weighted by Crippen LogP contribution is -2.47. The van der Waals surface area contributed by atoms with E-state index in [2.05, 4.69) is 0 Å². The summed E-state index contributed by atoms with van der Waals surface area (Å²) in [4.78, 5) is 0. The van der Waals surface area contributed by atoms with E-state index in [9.17, 15) is 0 Å². The van der Waals surface area contributed by atoms with Crippen LogP contribution in [0.15, 0.2) is 0 Å². The Morgan fingerprint density at radius 1 is 0.393 bits per heavy atom. The average molecular weight is 381 g/mol. The Bertz CT molecular complexity index is 481. The molecular weight excluding hydrogens is 336 g/mol. The molecule has 9 aliphatic carbocycles. The fourth-order valence-corrected chi connectivity index (χ4v) is 11.9. The van der Waals surface area contributed by atoms with Crippen molar-refractivity contribution in [1.82, 2.24) is 0 Å². The second-order valence-electron chi connectivity index (χ2n) is 14.1. The van der Waals surface area contributed by atoms with Crippen LogP contribution in [-0.4, -0.2) is 0 Å². The minimum absolute atomic E-state index is 0.839. The molecule has 0 radical (unpaired) electrons. The van der Waals surface area contributed by atoms with E-state index in [1.807, 2.05) is 0 Å². The Morgan fingerprint density at radius 2 is 0.643 bits per heavy atom. The molecular formula is C28H44. The number of hydrogen-bond donors (Lipinski definition) is 0. The van der Waals surface area contributed by atoms with Gasteiger partial charge in [-0.05, 0) is 148 Å². The molecule has 0 heterocycles. The Morgan fingerprint density at radius 3 is 0.893 bits per heavy atom. The summed E-state index contributed by atoms with van der Waals surface area (Å²) in [6.07, 6.45) is 29.3. The summed E-state index contributed by atoms with van der Waals surface area (Å²) >= 11 is 0. The third-order valence-corrected chi connectivity index (χ3v) is 11.7. The van der Waals surface area contributed by atoms with Crippen LogP contribution in [0.25, 0.3) is 0 Å². The molecule has 28 heavy (non-hydrogen) atoms. The summed E-state index contributed by atoms with van der Waals surface area (Å²) in [6.45, 7) is 0. The maximum atomic E-state index is 1.65. The van der Waals surface area contributed by atoms with Gasteiger partial charge in [0.15, 0.2) is 0 Å². The second kappa shape index (κ2) is 6.26. The van der Waals surface area contributed by atoms with Crippen LogP contribution in [0.3, 0.4) is 0 Å². The van der Waals surface area contributed by atoms with Crippen molar-refractivity contribution in [2.24, 2.45) is 58.2 Å². The average Bonchev–Trinajstić information content (AvgIpc) is 2.60. The molecule has 0 unspecified atom stereocenters. The summed E-state index contributed by atoms with van der Waals surface area (Å²) in [7, 11) is 0. The lowest BCUT2D eigenvalue weighted by Gasteiger charge is -2.59. The molecule has 0 aromatic carbocycles. The minimum Gasteiger partial charge on any atom is -0.0502 e. The van der Waals surface area contributed by atoms with E-state index >= 15 is 0 Å². The molecule has 156 valence electrons. The van der Waals surface area contributed by atoms with Crippen molar-refractivity contribution in [2.75, 3.05) is 0 Å². The van der Waals surface area contributed by atoms with Gasteiger partial charge < -0.3 is 0 Å². The van der Waals surface area contributed by atoms with Crippen molar-refractivity contribution >= 4 is 0 Å². The first-order valence-corrected chi connectivity index (χ1v) is 13.6. The van der Waals surface area contributed by atoms with Crippen LogP contribution in [0.1, 0.15) is 116 Å². The van der Waals surface area contributed by atoms with Crippen LogP contribution in [-0.2, 0) is 0 Å². The minimum atomic E-state index is 0.839. The summed E-state index contributed by atoms with van der Waals surface area (Å²) in [5.41, 5.74) is 1.68. The Labute approximate surface area is 174 Å². The van der Waals surface area contributed by atoms with Gasteiger partial charge in [0.05, 0.1) is 0 Å². The highest BCUT2D eigenvalue weighted by Gasteiger charge is 2.53. The maximum Gasteiger partial charge on any atom is -0.0287 e. The van der Waals surface area contributed by atoms with E-state index in [-0.39, 0.29) is 0 Å². The molecule has 9 aliphatic rings. The van der Waals surface area contributed by atoms with Crippen molar-refractivity contribution in [3.05, 3.63) is 0 Å². The quantitative estimate of drug-likeness (QED) is 0.463. The lowest BCUT2D eigenvalue weighted by atomic mass is 9.47. The molecule has 0 spiro atoms. The zero-order valence-corrected chi connectivity index (χ0v) is 18.3. The lowest BCUT2D eigenvalue weighted by molar-refractivity contribution is -0.0762. The number of hydrogen-bond acceptors (Lipinski definition) is 0. The number of rotatable bonds is 4. The third-order valence-electron chi connectivity index (χ3n) is 11.7. The normalized spacial score (nSPS) is 59.1. The zero-order valence-electron chi connectivity index (χ0n) is 18.3. The predicted molar refractivity (Wildman–Crippen MR) is 116 cm³/mol. The molecule has 0 N–H and O–H groups in total. The molecule has 0 heteroatoms. The smallest absolute Gasteiger partial charge is 0.0287 e. The molecule has 0 atom stereocenters. The summed E-state index contributed by atoms with van der Waals surface area (Å²) in [6, 6.07) is 0. The largest absolute Gasteiger partial charge is 0.0502 e. The molecule has 9 fully saturated rings. The van der Waals surface area contributed by atoms with E-state index in [1.54, 1.807) is 116 Å². The Hall–Kier alpha value is 0. The van der Waals surface area contributed by atoms with Crippen molar-refractivity contribution in [1.29, 1.82) is 0 Å². The highest BCUT2D eigenvalue weighted by atomic mass is 14.6. The predicted octanol–water partition coefficient (Wildman–Crippen LogP) is 8.01. The van der Waals surface area contributed by atoms with Crippen LogP contribution < -0.4 is 0 Å². The Kier molecular flexibility index (Phi) is 3.95. The van der Waals surface area contributed by atoms with Gasteiger partial charge >= 0.3 is 0 Å². The molecule has 0 amide bonds. The van der Waals surface area contributed by atoms with Gasteiger partial charge in [-0.25, -0.2) is 0 Å². The fourth-order valence-electron chi connectivity index (χ4n) is 11.9. The van der Waals surface area contributed by atoms with E-state index in [1.165, 1.54) is 0 Å². The van der Waals surface area contributed by atoms with E-state index in [0.717, 1.165) is 58.2 Å². The van der Waals surface area contributed by atoms with Gasteiger partial charge in [0.25, 0.3) is 0 Å². The van der Waals surface area contributed by atoms with Crippen LogP contribution in [0.4, 0.5) is 0 Å². The SMILES string of the molecule is C1CC(CC23CC4CC(CC(C4)C2)C3)CCC1CC12CC3CC(CC(C3)C1)C2. The molecule has 0 saturated heterocycles. The summed E-state index contributed by atoms with van der Waals surface area (Å²) < 4.78 is 0. The molecule has 8 bridgehead atoms. The monoisotopic (exact) mass is 380 g/mol. The Balaban J connectivity index is 0.966. The van der Waals surface area contributed by atoms with Gasteiger partial charge in [-0.15, -0.1) is 0 Å².